The lowest BCUT2D eigenvalue weighted by molar-refractivity contribution is -0.385. The number of nitro benzene ring substituents is 1. The molecule has 0 spiro atoms. The molecule has 1 atom stereocenters. The number of alkyl carbamates (subject to hydrolysis) is 1. The SMILES string of the molecule is CN(Cc1ccc([N+](=O)[O-])c(C[C@H](NC(=O)OC(C)(C)C)C(=O)OC(C)(C)C)c1)c1ccccc1. The highest BCUT2D eigenvalue weighted by Crippen LogP contribution is 2.25. The predicted octanol–water partition coefficient (Wildman–Crippen LogP) is 5.01. The Hall–Kier alpha value is -3.62. The highest BCUT2D eigenvalue weighted by molar-refractivity contribution is 5.82. The van der Waals surface area contributed by atoms with Crippen molar-refractivity contribution in [3.05, 3.63) is 69.8 Å². The molecule has 0 aliphatic heterocycles. The molecule has 0 aliphatic rings. The summed E-state index contributed by atoms with van der Waals surface area (Å²) in [6, 6.07) is 13.3. The van der Waals surface area contributed by atoms with Crippen molar-refractivity contribution in [2.45, 2.75) is 71.8 Å². The summed E-state index contributed by atoms with van der Waals surface area (Å²) in [5.41, 5.74) is 0.382. The van der Waals surface area contributed by atoms with Gasteiger partial charge in [-0.15, -0.1) is 0 Å². The van der Waals surface area contributed by atoms with E-state index >= 15 is 0 Å². The van der Waals surface area contributed by atoms with Crippen molar-refractivity contribution < 1.29 is 24.0 Å². The van der Waals surface area contributed by atoms with E-state index in [2.05, 4.69) is 5.32 Å². The quantitative estimate of drug-likeness (QED) is 0.318. The molecule has 1 amide bonds. The Morgan fingerprint density at radius 1 is 1.00 bits per heavy atom. The Balaban J connectivity index is 2.35. The number of carbonyl (C=O) groups excluding carboxylic acids is 2. The molecule has 0 aliphatic carbocycles. The van der Waals surface area contributed by atoms with E-state index in [1.807, 2.05) is 42.3 Å². The number of ether oxygens (including phenoxy) is 2. The van der Waals surface area contributed by atoms with E-state index in [0.29, 0.717) is 12.1 Å². The Kier molecular flexibility index (Phi) is 8.84. The number of amides is 1. The number of para-hydroxylation sites is 1. The number of hydrogen-bond donors (Lipinski definition) is 1. The average Bonchev–Trinajstić information content (AvgIpc) is 2.71. The average molecular weight is 486 g/mol. The van der Waals surface area contributed by atoms with Crippen LogP contribution < -0.4 is 10.2 Å². The van der Waals surface area contributed by atoms with E-state index in [-0.39, 0.29) is 12.1 Å². The first-order valence-electron chi connectivity index (χ1n) is 11.4. The minimum Gasteiger partial charge on any atom is -0.458 e. The van der Waals surface area contributed by atoms with Crippen LogP contribution in [0, 0.1) is 10.1 Å². The summed E-state index contributed by atoms with van der Waals surface area (Å²) in [5.74, 6) is -0.704. The monoisotopic (exact) mass is 485 g/mol. The molecule has 9 nitrogen and oxygen atoms in total. The molecule has 0 bridgehead atoms. The lowest BCUT2D eigenvalue weighted by Crippen LogP contribution is -2.47. The normalized spacial score (nSPS) is 12.4. The summed E-state index contributed by atoms with van der Waals surface area (Å²) in [7, 11) is 1.92. The van der Waals surface area contributed by atoms with Crippen molar-refractivity contribution in [1.29, 1.82) is 0 Å². The van der Waals surface area contributed by atoms with Gasteiger partial charge in [0.05, 0.1) is 4.92 Å². The van der Waals surface area contributed by atoms with Crippen LogP contribution in [0.25, 0.3) is 0 Å². The fourth-order valence-corrected chi connectivity index (χ4v) is 3.36. The zero-order valence-corrected chi connectivity index (χ0v) is 21.5. The van der Waals surface area contributed by atoms with Gasteiger partial charge in [-0.1, -0.05) is 24.3 Å². The van der Waals surface area contributed by atoms with Gasteiger partial charge >= 0.3 is 12.1 Å². The molecule has 0 heterocycles. The molecular weight excluding hydrogens is 450 g/mol. The maximum atomic E-state index is 12.9. The summed E-state index contributed by atoms with van der Waals surface area (Å²) in [6.45, 7) is 10.7. The minimum atomic E-state index is -1.18. The van der Waals surface area contributed by atoms with Gasteiger partial charge in [0.25, 0.3) is 5.69 Å². The van der Waals surface area contributed by atoms with E-state index in [9.17, 15) is 19.7 Å². The number of anilines is 1. The fourth-order valence-electron chi connectivity index (χ4n) is 3.36. The van der Waals surface area contributed by atoms with Crippen LogP contribution in [-0.4, -0.2) is 41.3 Å². The van der Waals surface area contributed by atoms with Crippen LogP contribution in [0.4, 0.5) is 16.2 Å². The Bertz CT molecular complexity index is 1040. The molecule has 0 radical (unpaired) electrons. The van der Waals surface area contributed by atoms with Crippen LogP contribution in [0.2, 0.25) is 0 Å². The molecule has 0 saturated carbocycles. The predicted molar refractivity (Wildman–Crippen MR) is 134 cm³/mol. The maximum absolute atomic E-state index is 12.9. The van der Waals surface area contributed by atoms with Crippen LogP contribution >= 0.6 is 0 Å². The largest absolute Gasteiger partial charge is 0.458 e. The number of nitrogens with zero attached hydrogens (tertiary/aromatic N) is 2. The number of esters is 1. The highest BCUT2D eigenvalue weighted by atomic mass is 16.6. The molecule has 35 heavy (non-hydrogen) atoms. The number of nitrogens with one attached hydrogen (secondary N) is 1. The van der Waals surface area contributed by atoms with Gasteiger partial charge in [-0.25, -0.2) is 9.59 Å². The zero-order valence-electron chi connectivity index (χ0n) is 21.5. The molecule has 2 rings (SSSR count). The van der Waals surface area contributed by atoms with Crippen molar-refractivity contribution in [2.75, 3.05) is 11.9 Å². The topological polar surface area (TPSA) is 111 Å². The Morgan fingerprint density at radius 2 is 1.60 bits per heavy atom. The molecule has 0 saturated heterocycles. The maximum Gasteiger partial charge on any atom is 0.408 e. The van der Waals surface area contributed by atoms with Gasteiger partial charge < -0.3 is 19.7 Å². The number of benzene rings is 2. The van der Waals surface area contributed by atoms with Gasteiger partial charge in [-0.3, -0.25) is 10.1 Å². The zero-order chi connectivity index (χ0) is 26.4. The molecule has 2 aromatic carbocycles. The van der Waals surface area contributed by atoms with Gasteiger partial charge in [-0.2, -0.15) is 0 Å². The van der Waals surface area contributed by atoms with E-state index in [1.54, 1.807) is 53.7 Å². The first-order valence-corrected chi connectivity index (χ1v) is 11.4. The number of rotatable bonds is 8. The Morgan fingerprint density at radius 3 is 2.14 bits per heavy atom. The number of nitro groups is 1. The standard InChI is InChI=1S/C26H35N3O6/c1-25(2,3)34-23(30)21(27-24(31)35-26(4,5)6)16-19-15-18(13-14-22(19)29(32)33)17-28(7)20-11-9-8-10-12-20/h8-15,21H,16-17H2,1-7H3,(H,27,31)/t21-/m0/s1. The molecular formula is C26H35N3O6. The fraction of sp³-hybridized carbons (Fsp3) is 0.462. The second kappa shape index (κ2) is 11.2. The van der Waals surface area contributed by atoms with Crippen molar-refractivity contribution in [2.24, 2.45) is 0 Å². The van der Waals surface area contributed by atoms with Gasteiger partial charge in [0, 0.05) is 37.3 Å². The van der Waals surface area contributed by atoms with Gasteiger partial charge in [0.2, 0.25) is 0 Å². The summed E-state index contributed by atoms with van der Waals surface area (Å²) < 4.78 is 10.8. The molecule has 0 aromatic heterocycles. The third-order valence-corrected chi connectivity index (χ3v) is 4.76. The summed E-state index contributed by atoms with van der Waals surface area (Å²) >= 11 is 0. The van der Waals surface area contributed by atoms with Crippen molar-refractivity contribution in [3.8, 4) is 0 Å². The second-order valence-corrected chi connectivity index (χ2v) is 10.3. The third-order valence-electron chi connectivity index (χ3n) is 4.76. The van der Waals surface area contributed by atoms with Crippen LogP contribution in [0.15, 0.2) is 48.5 Å². The van der Waals surface area contributed by atoms with E-state index in [0.717, 1.165) is 11.3 Å². The number of hydrogen-bond acceptors (Lipinski definition) is 7. The minimum absolute atomic E-state index is 0.132. The first-order chi connectivity index (χ1) is 16.1. The van der Waals surface area contributed by atoms with Crippen molar-refractivity contribution >= 4 is 23.4 Å². The van der Waals surface area contributed by atoms with E-state index < -0.39 is 34.2 Å². The molecule has 0 fully saturated rings. The lowest BCUT2D eigenvalue weighted by atomic mass is 10.0. The van der Waals surface area contributed by atoms with Crippen LogP contribution in [0.3, 0.4) is 0 Å². The second-order valence-electron chi connectivity index (χ2n) is 10.3. The van der Waals surface area contributed by atoms with Gasteiger partial charge in [0.15, 0.2) is 0 Å². The molecule has 2 aromatic rings. The number of carbonyl (C=O) groups is 2. The molecule has 1 N–H and O–H groups in total. The molecule has 0 unspecified atom stereocenters. The molecule has 9 heteroatoms. The van der Waals surface area contributed by atoms with Gasteiger partial charge in [0.1, 0.15) is 17.2 Å². The Labute approximate surface area is 206 Å². The van der Waals surface area contributed by atoms with Crippen LogP contribution in [-0.2, 0) is 27.2 Å². The molecule has 190 valence electrons. The first kappa shape index (κ1) is 27.6. The van der Waals surface area contributed by atoms with Crippen molar-refractivity contribution in [1.82, 2.24) is 5.32 Å². The summed E-state index contributed by atoms with van der Waals surface area (Å²) in [5, 5.41) is 14.3. The highest BCUT2D eigenvalue weighted by Gasteiger charge is 2.31. The lowest BCUT2D eigenvalue weighted by Gasteiger charge is -2.26. The van der Waals surface area contributed by atoms with Crippen LogP contribution in [0.5, 0.6) is 0 Å². The van der Waals surface area contributed by atoms with E-state index in [1.165, 1.54) is 6.07 Å². The van der Waals surface area contributed by atoms with E-state index in [4.69, 9.17) is 9.47 Å². The smallest absolute Gasteiger partial charge is 0.408 e. The third kappa shape index (κ3) is 9.27. The van der Waals surface area contributed by atoms with Crippen LogP contribution in [0.1, 0.15) is 52.7 Å². The summed E-state index contributed by atoms with van der Waals surface area (Å²) in [4.78, 5) is 38.6. The van der Waals surface area contributed by atoms with Crippen molar-refractivity contribution in [3.63, 3.8) is 0 Å². The van der Waals surface area contributed by atoms with Gasteiger partial charge in [-0.05, 0) is 65.3 Å². The summed E-state index contributed by atoms with van der Waals surface area (Å²) in [6.07, 6.45) is -0.941.